The van der Waals surface area contributed by atoms with Gasteiger partial charge in [0.25, 0.3) is 7.82 Å². The molecule has 0 spiro atoms. The predicted octanol–water partition coefficient (Wildman–Crippen LogP) is 16.8. The molecule has 0 aliphatic heterocycles. The Bertz CT molecular complexity index is 1190. The van der Waals surface area contributed by atoms with E-state index >= 15 is 0 Å². The van der Waals surface area contributed by atoms with Crippen molar-refractivity contribution in [1.29, 1.82) is 0 Å². The van der Waals surface area contributed by atoms with Crippen LogP contribution in [0.15, 0.2) is 24.3 Å². The molecule has 0 bridgehead atoms. The van der Waals surface area contributed by atoms with E-state index in [1.807, 2.05) is 21.1 Å². The van der Waals surface area contributed by atoms with Crippen LogP contribution in [-0.4, -0.2) is 70.0 Å². The van der Waals surface area contributed by atoms with Crippen LogP contribution in [0.4, 0.5) is 0 Å². The van der Waals surface area contributed by atoms with E-state index in [1.165, 1.54) is 205 Å². The minimum absolute atomic E-state index is 0.0273. The Hall–Kier alpha value is -1.51. The summed E-state index contributed by atoms with van der Waals surface area (Å²) >= 11 is 0. The molecule has 0 saturated heterocycles. The maximum absolute atomic E-state index is 12.7. The van der Waals surface area contributed by atoms with Gasteiger partial charge in [-0.2, -0.15) is 0 Å². The topological polar surface area (TPSA) is 111 Å². The van der Waals surface area contributed by atoms with Crippen LogP contribution in [0.1, 0.15) is 277 Å². The van der Waals surface area contributed by atoms with Gasteiger partial charge in [-0.1, -0.05) is 244 Å². The molecule has 0 aromatic heterocycles. The number of nitrogens with zero attached hydrogens (tertiary/aromatic N) is 1. The Morgan fingerprint density at radius 1 is 0.463 bits per heavy atom. The number of esters is 2. The Balaban J connectivity index is 3.85. The van der Waals surface area contributed by atoms with Gasteiger partial charge in [-0.25, -0.2) is 0 Å². The fourth-order valence-corrected chi connectivity index (χ4v) is 9.01. The van der Waals surface area contributed by atoms with Gasteiger partial charge in [-0.15, -0.1) is 0 Å². The lowest BCUT2D eigenvalue weighted by Crippen LogP contribution is -2.37. The zero-order valence-electron chi connectivity index (χ0n) is 44.9. The number of unbranched alkanes of at least 4 members (excludes halogenated alkanes) is 35. The maximum atomic E-state index is 12.7. The minimum atomic E-state index is -4.62. The lowest BCUT2D eigenvalue weighted by molar-refractivity contribution is -0.870. The molecule has 67 heavy (non-hydrogen) atoms. The summed E-state index contributed by atoms with van der Waals surface area (Å²) in [6.45, 7) is 4.22. The van der Waals surface area contributed by atoms with E-state index in [4.69, 9.17) is 18.5 Å². The number of carbonyl (C=O) groups is 2. The second-order valence-electron chi connectivity index (χ2n) is 20.7. The van der Waals surface area contributed by atoms with Crippen molar-refractivity contribution in [3.8, 4) is 0 Å². The van der Waals surface area contributed by atoms with E-state index < -0.39 is 26.5 Å². The van der Waals surface area contributed by atoms with Crippen molar-refractivity contribution >= 4 is 19.8 Å². The summed E-state index contributed by atoms with van der Waals surface area (Å²) < 4.78 is 33.9. The van der Waals surface area contributed by atoms with Gasteiger partial charge < -0.3 is 27.9 Å². The van der Waals surface area contributed by atoms with Crippen molar-refractivity contribution < 1.29 is 42.1 Å². The average molecular weight is 968 g/mol. The summed E-state index contributed by atoms with van der Waals surface area (Å²) in [6, 6.07) is 0. The third kappa shape index (κ3) is 53.7. The highest BCUT2D eigenvalue weighted by Crippen LogP contribution is 2.38. The van der Waals surface area contributed by atoms with E-state index in [2.05, 4.69) is 38.2 Å². The van der Waals surface area contributed by atoms with Gasteiger partial charge in [0.15, 0.2) is 6.10 Å². The molecule has 0 radical (unpaired) electrons. The molecular formula is C57H110NO8P. The molecule has 2 atom stereocenters. The summed E-state index contributed by atoms with van der Waals surface area (Å²) in [5.41, 5.74) is 0. The van der Waals surface area contributed by atoms with Crippen LogP contribution < -0.4 is 4.89 Å². The summed E-state index contributed by atoms with van der Waals surface area (Å²) in [7, 11) is 1.18. The number of carbonyl (C=O) groups excluding carboxylic acids is 2. The SMILES string of the molecule is CCCCCCC/C=C\C/C=C\CCCCCCCCCCCCCCCCCCCCCCCCCC(=O)OC(COC(=O)CCCCCCCCCC)COP(=O)([O-])OCC[N+](C)(C)C. The predicted molar refractivity (Wildman–Crippen MR) is 282 cm³/mol. The monoisotopic (exact) mass is 968 g/mol. The number of quaternary nitrogens is 1. The van der Waals surface area contributed by atoms with Gasteiger partial charge in [0.1, 0.15) is 19.8 Å². The smallest absolute Gasteiger partial charge is 0.306 e. The molecule has 0 aromatic carbocycles. The Kier molecular flexibility index (Phi) is 48.4. The molecule has 396 valence electrons. The van der Waals surface area contributed by atoms with Crippen LogP contribution in [0, 0.1) is 0 Å². The van der Waals surface area contributed by atoms with Crippen molar-refractivity contribution in [3.05, 3.63) is 24.3 Å². The normalized spacial score (nSPS) is 13.5. The lowest BCUT2D eigenvalue weighted by Gasteiger charge is -2.28. The first-order valence-corrected chi connectivity index (χ1v) is 30.0. The first-order valence-electron chi connectivity index (χ1n) is 28.5. The van der Waals surface area contributed by atoms with Crippen LogP contribution in [0.5, 0.6) is 0 Å². The zero-order valence-corrected chi connectivity index (χ0v) is 45.8. The van der Waals surface area contributed by atoms with Gasteiger partial charge in [-0.05, 0) is 44.9 Å². The third-order valence-corrected chi connectivity index (χ3v) is 13.7. The number of phosphoric ester groups is 1. The van der Waals surface area contributed by atoms with Crippen molar-refractivity contribution in [2.24, 2.45) is 0 Å². The number of phosphoric acid groups is 1. The zero-order chi connectivity index (χ0) is 49.2. The van der Waals surface area contributed by atoms with Crippen LogP contribution in [0.25, 0.3) is 0 Å². The Morgan fingerprint density at radius 3 is 1.18 bits per heavy atom. The van der Waals surface area contributed by atoms with Crippen molar-refractivity contribution in [3.63, 3.8) is 0 Å². The first-order chi connectivity index (χ1) is 32.5. The summed E-state index contributed by atoms with van der Waals surface area (Å²) in [5.74, 6) is -0.825. The first kappa shape index (κ1) is 65.5. The van der Waals surface area contributed by atoms with Gasteiger partial charge in [-0.3, -0.25) is 14.2 Å². The van der Waals surface area contributed by atoms with Crippen LogP contribution in [0.2, 0.25) is 0 Å². The second kappa shape index (κ2) is 49.5. The Morgan fingerprint density at radius 2 is 0.806 bits per heavy atom. The average Bonchev–Trinajstić information content (AvgIpc) is 3.29. The van der Waals surface area contributed by atoms with Gasteiger partial charge in [0.2, 0.25) is 0 Å². The van der Waals surface area contributed by atoms with Gasteiger partial charge in [0.05, 0.1) is 27.7 Å². The fourth-order valence-electron chi connectivity index (χ4n) is 8.28. The lowest BCUT2D eigenvalue weighted by atomic mass is 10.0. The highest BCUT2D eigenvalue weighted by molar-refractivity contribution is 7.45. The number of hydrogen-bond acceptors (Lipinski definition) is 8. The standard InChI is InChI=1S/C57H110NO8P/c1-6-8-10-12-14-16-17-18-19-20-21-22-23-24-25-26-27-28-29-30-31-32-33-34-35-36-37-38-39-40-41-42-44-46-48-50-57(60)66-55(54-65-67(61,62)64-52-51-58(3,4)5)53-63-56(59)49-47-45-43-15-13-11-9-7-2/h17-18,20-21,55H,6-16,19,22-54H2,1-5H3/b18-17-,21-20-. The van der Waals surface area contributed by atoms with E-state index in [0.717, 1.165) is 38.5 Å². The fraction of sp³-hybridized carbons (Fsp3) is 0.895. The van der Waals surface area contributed by atoms with E-state index in [1.54, 1.807) is 0 Å². The van der Waals surface area contributed by atoms with Gasteiger partial charge in [0, 0.05) is 12.8 Å². The molecule has 0 aromatic rings. The van der Waals surface area contributed by atoms with Crippen molar-refractivity contribution in [2.75, 3.05) is 47.5 Å². The molecule has 0 saturated carbocycles. The van der Waals surface area contributed by atoms with Gasteiger partial charge >= 0.3 is 11.9 Å². The van der Waals surface area contributed by atoms with Crippen molar-refractivity contribution in [2.45, 2.75) is 283 Å². The summed E-state index contributed by atoms with van der Waals surface area (Å²) in [6.07, 6.45) is 58.4. The van der Waals surface area contributed by atoms with Crippen LogP contribution in [-0.2, 0) is 32.7 Å². The highest BCUT2D eigenvalue weighted by atomic mass is 31.2. The number of ether oxygens (including phenoxy) is 2. The molecule has 9 nitrogen and oxygen atoms in total. The van der Waals surface area contributed by atoms with E-state index in [9.17, 15) is 19.0 Å². The molecular weight excluding hydrogens is 858 g/mol. The third-order valence-electron chi connectivity index (χ3n) is 12.7. The number of likely N-dealkylation sites (N-methyl/N-ethyl adjacent to an activating group) is 1. The van der Waals surface area contributed by atoms with E-state index in [0.29, 0.717) is 17.4 Å². The molecule has 0 heterocycles. The molecule has 0 fully saturated rings. The van der Waals surface area contributed by atoms with Crippen LogP contribution >= 0.6 is 7.82 Å². The largest absolute Gasteiger partial charge is 0.756 e. The molecule has 0 rings (SSSR count). The highest BCUT2D eigenvalue weighted by Gasteiger charge is 2.22. The Labute approximate surface area is 415 Å². The second-order valence-corrected chi connectivity index (χ2v) is 22.1. The molecule has 0 aliphatic carbocycles. The number of hydrogen-bond donors (Lipinski definition) is 0. The summed E-state index contributed by atoms with van der Waals surface area (Å²) in [5, 5.41) is 0. The minimum Gasteiger partial charge on any atom is -0.756 e. The molecule has 0 N–H and O–H groups in total. The molecule has 2 unspecified atom stereocenters. The molecule has 10 heteroatoms. The number of allylic oxidation sites excluding steroid dienone is 4. The number of rotatable bonds is 53. The van der Waals surface area contributed by atoms with Crippen LogP contribution in [0.3, 0.4) is 0 Å². The molecule has 0 aliphatic rings. The molecule has 0 amide bonds. The van der Waals surface area contributed by atoms with Crippen molar-refractivity contribution in [1.82, 2.24) is 0 Å². The summed E-state index contributed by atoms with van der Waals surface area (Å²) in [4.78, 5) is 37.5. The maximum Gasteiger partial charge on any atom is 0.306 e. The van der Waals surface area contributed by atoms with E-state index in [-0.39, 0.29) is 32.0 Å². The quantitative estimate of drug-likeness (QED) is 0.0195.